The van der Waals surface area contributed by atoms with Crippen LogP contribution in [0.5, 0.6) is 0 Å². The third-order valence-corrected chi connectivity index (χ3v) is 5.49. The fraction of sp³-hybridized carbons (Fsp3) is 0.700. The standard InChI is InChI=1S/C20H31N/c1-2-16-8-10-17(11-9-16)14-18-6-4-3-5-7-19(18)15-21-20-12-13-20/h8-11,18-21H,2-7,12-15H2,1H3. The zero-order chi connectivity index (χ0) is 14.5. The number of hydrogen-bond acceptors (Lipinski definition) is 1. The van der Waals surface area contributed by atoms with Crippen LogP contribution in [-0.4, -0.2) is 12.6 Å². The smallest absolute Gasteiger partial charge is 0.00683 e. The zero-order valence-electron chi connectivity index (χ0n) is 13.6. The molecule has 116 valence electrons. The van der Waals surface area contributed by atoms with Crippen molar-refractivity contribution in [3.8, 4) is 0 Å². The van der Waals surface area contributed by atoms with Gasteiger partial charge in [-0.05, 0) is 68.0 Å². The maximum atomic E-state index is 3.79. The Balaban J connectivity index is 1.60. The SMILES string of the molecule is CCc1ccc(CC2CCCCCC2CNC2CC2)cc1. The summed E-state index contributed by atoms with van der Waals surface area (Å²) in [5, 5.41) is 3.79. The van der Waals surface area contributed by atoms with Crippen LogP contribution in [0, 0.1) is 11.8 Å². The van der Waals surface area contributed by atoms with Crippen molar-refractivity contribution in [1.29, 1.82) is 0 Å². The van der Waals surface area contributed by atoms with E-state index >= 15 is 0 Å². The van der Waals surface area contributed by atoms with Gasteiger partial charge in [0.05, 0.1) is 0 Å². The monoisotopic (exact) mass is 285 g/mol. The lowest BCUT2D eigenvalue weighted by Gasteiger charge is -2.26. The van der Waals surface area contributed by atoms with Gasteiger partial charge >= 0.3 is 0 Å². The van der Waals surface area contributed by atoms with Gasteiger partial charge < -0.3 is 5.32 Å². The van der Waals surface area contributed by atoms with E-state index in [4.69, 9.17) is 0 Å². The van der Waals surface area contributed by atoms with Crippen LogP contribution in [0.25, 0.3) is 0 Å². The lowest BCUT2D eigenvalue weighted by molar-refractivity contribution is 0.297. The molecule has 0 aliphatic heterocycles. The maximum absolute atomic E-state index is 3.79. The zero-order valence-corrected chi connectivity index (χ0v) is 13.6. The second kappa shape index (κ2) is 7.45. The summed E-state index contributed by atoms with van der Waals surface area (Å²) in [4.78, 5) is 0. The molecule has 0 heterocycles. The lowest BCUT2D eigenvalue weighted by atomic mass is 9.83. The molecule has 2 saturated carbocycles. The van der Waals surface area contributed by atoms with Crippen molar-refractivity contribution < 1.29 is 0 Å². The summed E-state index contributed by atoms with van der Waals surface area (Å²) in [6.07, 6.45) is 12.5. The summed E-state index contributed by atoms with van der Waals surface area (Å²) >= 11 is 0. The van der Waals surface area contributed by atoms with E-state index in [0.717, 1.165) is 24.3 Å². The molecule has 1 aromatic carbocycles. The molecular formula is C20H31N. The summed E-state index contributed by atoms with van der Waals surface area (Å²) in [7, 11) is 0. The van der Waals surface area contributed by atoms with Gasteiger partial charge in [-0.15, -0.1) is 0 Å². The Kier molecular flexibility index (Phi) is 5.35. The molecule has 2 atom stereocenters. The first-order valence-electron chi connectivity index (χ1n) is 9.16. The van der Waals surface area contributed by atoms with E-state index in [1.54, 1.807) is 5.56 Å². The first-order chi connectivity index (χ1) is 10.3. The molecule has 2 aliphatic carbocycles. The quantitative estimate of drug-likeness (QED) is 0.744. The van der Waals surface area contributed by atoms with Gasteiger partial charge in [0.15, 0.2) is 0 Å². The van der Waals surface area contributed by atoms with E-state index in [0.29, 0.717) is 0 Å². The van der Waals surface area contributed by atoms with Gasteiger partial charge in [0.2, 0.25) is 0 Å². The van der Waals surface area contributed by atoms with Crippen molar-refractivity contribution in [3.05, 3.63) is 35.4 Å². The molecule has 0 saturated heterocycles. The molecule has 1 N–H and O–H groups in total. The molecule has 2 aliphatic rings. The second-order valence-electron chi connectivity index (χ2n) is 7.21. The predicted octanol–water partition coefficient (Wildman–Crippen LogP) is 4.74. The van der Waals surface area contributed by atoms with E-state index in [1.165, 1.54) is 63.5 Å². The van der Waals surface area contributed by atoms with E-state index < -0.39 is 0 Å². The van der Waals surface area contributed by atoms with Crippen molar-refractivity contribution in [2.24, 2.45) is 11.8 Å². The van der Waals surface area contributed by atoms with Gasteiger partial charge in [-0.25, -0.2) is 0 Å². The molecule has 3 rings (SSSR count). The molecule has 1 nitrogen and oxygen atoms in total. The Morgan fingerprint density at radius 1 is 0.857 bits per heavy atom. The molecule has 0 amide bonds. The number of rotatable bonds is 6. The molecule has 1 heteroatoms. The summed E-state index contributed by atoms with van der Waals surface area (Å²) in [5.41, 5.74) is 3.02. The first kappa shape index (κ1) is 15.1. The molecule has 2 unspecified atom stereocenters. The summed E-state index contributed by atoms with van der Waals surface area (Å²) < 4.78 is 0. The highest BCUT2D eigenvalue weighted by atomic mass is 14.9. The fourth-order valence-electron chi connectivity index (χ4n) is 3.82. The van der Waals surface area contributed by atoms with Gasteiger partial charge in [0.25, 0.3) is 0 Å². The minimum absolute atomic E-state index is 0.859. The minimum atomic E-state index is 0.859. The van der Waals surface area contributed by atoms with Crippen molar-refractivity contribution in [2.75, 3.05) is 6.54 Å². The second-order valence-corrected chi connectivity index (χ2v) is 7.21. The number of benzene rings is 1. The van der Waals surface area contributed by atoms with Gasteiger partial charge in [-0.1, -0.05) is 50.5 Å². The Hall–Kier alpha value is -0.820. The molecule has 21 heavy (non-hydrogen) atoms. The van der Waals surface area contributed by atoms with Crippen molar-refractivity contribution in [3.63, 3.8) is 0 Å². The third kappa shape index (κ3) is 4.57. The van der Waals surface area contributed by atoms with Crippen LogP contribution < -0.4 is 5.32 Å². The summed E-state index contributed by atoms with van der Waals surface area (Å²) in [6, 6.07) is 10.2. The van der Waals surface area contributed by atoms with E-state index in [-0.39, 0.29) is 0 Å². The molecular weight excluding hydrogens is 254 g/mol. The average Bonchev–Trinajstić information content (AvgIpc) is 3.34. The van der Waals surface area contributed by atoms with Gasteiger partial charge in [-0.2, -0.15) is 0 Å². The number of aryl methyl sites for hydroxylation is 1. The maximum Gasteiger partial charge on any atom is 0.00683 e. The van der Waals surface area contributed by atoms with Crippen molar-refractivity contribution in [2.45, 2.75) is 70.8 Å². The Morgan fingerprint density at radius 3 is 2.19 bits per heavy atom. The van der Waals surface area contributed by atoms with Gasteiger partial charge in [0, 0.05) is 6.04 Å². The number of hydrogen-bond donors (Lipinski definition) is 1. The Bertz CT molecular complexity index is 418. The van der Waals surface area contributed by atoms with Crippen LogP contribution >= 0.6 is 0 Å². The molecule has 1 aromatic rings. The van der Waals surface area contributed by atoms with Crippen LogP contribution in [-0.2, 0) is 12.8 Å². The largest absolute Gasteiger partial charge is 0.314 e. The van der Waals surface area contributed by atoms with Crippen LogP contribution in [0.15, 0.2) is 24.3 Å². The van der Waals surface area contributed by atoms with Crippen LogP contribution in [0.2, 0.25) is 0 Å². The normalized spacial score (nSPS) is 26.5. The highest BCUT2D eigenvalue weighted by molar-refractivity contribution is 5.23. The summed E-state index contributed by atoms with van der Waals surface area (Å²) in [6.45, 7) is 3.50. The van der Waals surface area contributed by atoms with Crippen LogP contribution in [0.1, 0.15) is 63.0 Å². The molecule has 2 fully saturated rings. The highest BCUT2D eigenvalue weighted by Gasteiger charge is 2.27. The topological polar surface area (TPSA) is 12.0 Å². The van der Waals surface area contributed by atoms with Crippen LogP contribution in [0.4, 0.5) is 0 Å². The highest BCUT2D eigenvalue weighted by Crippen LogP contribution is 2.32. The Morgan fingerprint density at radius 2 is 1.52 bits per heavy atom. The first-order valence-corrected chi connectivity index (χ1v) is 9.16. The number of nitrogens with one attached hydrogen (secondary N) is 1. The lowest BCUT2D eigenvalue weighted by Crippen LogP contribution is -2.30. The van der Waals surface area contributed by atoms with E-state index in [2.05, 4.69) is 36.5 Å². The van der Waals surface area contributed by atoms with Crippen LogP contribution in [0.3, 0.4) is 0 Å². The van der Waals surface area contributed by atoms with Gasteiger partial charge in [-0.3, -0.25) is 0 Å². The van der Waals surface area contributed by atoms with Crippen molar-refractivity contribution in [1.82, 2.24) is 5.32 Å². The fourth-order valence-corrected chi connectivity index (χ4v) is 3.82. The predicted molar refractivity (Wildman–Crippen MR) is 90.6 cm³/mol. The molecule has 0 radical (unpaired) electrons. The third-order valence-electron chi connectivity index (χ3n) is 5.49. The van der Waals surface area contributed by atoms with Crippen molar-refractivity contribution >= 4 is 0 Å². The average molecular weight is 285 g/mol. The Labute approximate surface area is 130 Å². The molecule has 0 aromatic heterocycles. The van der Waals surface area contributed by atoms with E-state index in [9.17, 15) is 0 Å². The summed E-state index contributed by atoms with van der Waals surface area (Å²) in [5.74, 6) is 1.80. The minimum Gasteiger partial charge on any atom is -0.314 e. The van der Waals surface area contributed by atoms with Gasteiger partial charge in [0.1, 0.15) is 0 Å². The molecule has 0 bridgehead atoms. The van der Waals surface area contributed by atoms with E-state index in [1.807, 2.05) is 0 Å². The molecule has 0 spiro atoms.